The number of pyridine rings is 1. The molecule has 0 bridgehead atoms. The lowest BCUT2D eigenvalue weighted by atomic mass is 9.90. The van der Waals surface area contributed by atoms with Crippen molar-refractivity contribution in [3.8, 4) is 0 Å². The van der Waals surface area contributed by atoms with Gasteiger partial charge >= 0.3 is 0 Å². The zero-order valence-corrected chi connectivity index (χ0v) is 16.6. The average molecular weight is 366 g/mol. The van der Waals surface area contributed by atoms with Crippen LogP contribution in [0.15, 0.2) is 48.8 Å². The summed E-state index contributed by atoms with van der Waals surface area (Å²) >= 11 is 0. The second-order valence-corrected chi connectivity index (χ2v) is 7.63. The normalized spacial score (nSPS) is 15.0. The van der Waals surface area contributed by atoms with Gasteiger partial charge in [0.1, 0.15) is 0 Å². The fourth-order valence-electron chi connectivity index (χ4n) is 3.75. The summed E-state index contributed by atoms with van der Waals surface area (Å²) in [5.74, 6) is 0.785. The molecule has 1 amide bonds. The summed E-state index contributed by atoms with van der Waals surface area (Å²) in [6.07, 6.45) is 9.11. The molecule has 144 valence electrons. The van der Waals surface area contributed by atoms with Gasteiger partial charge in [-0.3, -0.25) is 9.78 Å². The predicted molar refractivity (Wildman–Crippen MR) is 111 cm³/mol. The van der Waals surface area contributed by atoms with E-state index in [0.717, 1.165) is 57.4 Å². The van der Waals surface area contributed by atoms with Crippen LogP contribution in [-0.4, -0.2) is 42.5 Å². The molecule has 1 aromatic heterocycles. The van der Waals surface area contributed by atoms with E-state index in [-0.39, 0.29) is 5.91 Å². The van der Waals surface area contributed by atoms with E-state index in [9.17, 15) is 4.79 Å². The maximum absolute atomic E-state index is 12.9. The first-order valence-electron chi connectivity index (χ1n) is 10.2. The lowest BCUT2D eigenvalue weighted by molar-refractivity contribution is 0.0690. The van der Waals surface area contributed by atoms with E-state index in [1.165, 1.54) is 5.56 Å². The number of unbranched alkanes of at least 4 members (excludes halogenated alkanes) is 1. The van der Waals surface area contributed by atoms with Gasteiger partial charge in [0, 0.05) is 32.9 Å². The Morgan fingerprint density at radius 1 is 1.19 bits per heavy atom. The van der Waals surface area contributed by atoms with Crippen molar-refractivity contribution in [2.75, 3.05) is 31.6 Å². The van der Waals surface area contributed by atoms with E-state index in [4.69, 9.17) is 0 Å². The Balaban J connectivity index is 1.56. The minimum absolute atomic E-state index is 0.117. The van der Waals surface area contributed by atoms with Gasteiger partial charge in [0.05, 0.1) is 17.4 Å². The van der Waals surface area contributed by atoms with Gasteiger partial charge in [-0.15, -0.1) is 0 Å². The number of likely N-dealkylation sites (tertiary alicyclic amines) is 1. The number of nitrogens with zero attached hydrogens (tertiary/aromatic N) is 3. The molecule has 1 aliphatic heterocycles. The largest absolute Gasteiger partial charge is 0.373 e. The third-order valence-corrected chi connectivity index (χ3v) is 5.53. The van der Waals surface area contributed by atoms with E-state index < -0.39 is 0 Å². The van der Waals surface area contributed by atoms with Crippen LogP contribution in [0.3, 0.4) is 0 Å². The van der Waals surface area contributed by atoms with E-state index in [1.807, 2.05) is 17.2 Å². The van der Waals surface area contributed by atoms with Gasteiger partial charge in [-0.25, -0.2) is 0 Å². The van der Waals surface area contributed by atoms with Crippen molar-refractivity contribution >= 4 is 11.6 Å². The number of amides is 1. The summed E-state index contributed by atoms with van der Waals surface area (Å²) in [4.78, 5) is 21.4. The van der Waals surface area contributed by atoms with Crippen molar-refractivity contribution in [2.24, 2.45) is 5.92 Å². The van der Waals surface area contributed by atoms with Gasteiger partial charge in [0.2, 0.25) is 0 Å². The van der Waals surface area contributed by atoms with Crippen LogP contribution < -0.4 is 4.90 Å². The van der Waals surface area contributed by atoms with Crippen LogP contribution in [-0.2, 0) is 6.42 Å². The zero-order chi connectivity index (χ0) is 19.1. The van der Waals surface area contributed by atoms with Crippen LogP contribution in [0, 0.1) is 5.92 Å². The monoisotopic (exact) mass is 365 g/mol. The van der Waals surface area contributed by atoms with Gasteiger partial charge in [-0.2, -0.15) is 0 Å². The number of hydrogen-bond acceptors (Lipinski definition) is 3. The van der Waals surface area contributed by atoms with E-state index in [0.29, 0.717) is 11.5 Å². The molecule has 4 heteroatoms. The summed E-state index contributed by atoms with van der Waals surface area (Å²) in [6.45, 7) is 4.85. The standard InChI is InChI=1S/C23H31N3O/c1-3-4-12-25(2)22-16-21(17-24-18-22)23(27)26-13-10-20(11-14-26)15-19-8-6-5-7-9-19/h5-9,16-18,20H,3-4,10-15H2,1-2H3. The highest BCUT2D eigenvalue weighted by Crippen LogP contribution is 2.23. The van der Waals surface area contributed by atoms with Gasteiger partial charge in [0.15, 0.2) is 0 Å². The number of carbonyl (C=O) groups excluding carboxylic acids is 1. The maximum atomic E-state index is 12.9. The summed E-state index contributed by atoms with van der Waals surface area (Å²) in [6, 6.07) is 12.7. The van der Waals surface area contributed by atoms with Gasteiger partial charge in [-0.05, 0) is 43.2 Å². The third kappa shape index (κ3) is 5.31. The fourth-order valence-corrected chi connectivity index (χ4v) is 3.75. The van der Waals surface area contributed by atoms with Crippen LogP contribution >= 0.6 is 0 Å². The van der Waals surface area contributed by atoms with Crippen molar-refractivity contribution in [3.05, 3.63) is 59.9 Å². The molecule has 2 aromatic rings. The Morgan fingerprint density at radius 3 is 2.63 bits per heavy atom. The highest BCUT2D eigenvalue weighted by molar-refractivity contribution is 5.94. The Labute approximate surface area is 163 Å². The van der Waals surface area contributed by atoms with Gasteiger partial charge in [0.25, 0.3) is 5.91 Å². The van der Waals surface area contributed by atoms with Crippen LogP contribution in [0.25, 0.3) is 0 Å². The Bertz CT molecular complexity index is 723. The molecular formula is C23H31N3O. The molecule has 0 spiro atoms. The first-order chi connectivity index (χ1) is 13.2. The summed E-state index contributed by atoms with van der Waals surface area (Å²) in [5.41, 5.74) is 3.12. The lowest BCUT2D eigenvalue weighted by Crippen LogP contribution is -2.39. The van der Waals surface area contributed by atoms with Crippen molar-refractivity contribution < 1.29 is 4.79 Å². The first kappa shape index (κ1) is 19.4. The van der Waals surface area contributed by atoms with Gasteiger partial charge < -0.3 is 9.80 Å². The summed E-state index contributed by atoms with van der Waals surface area (Å²) in [5, 5.41) is 0. The molecule has 0 aliphatic carbocycles. The van der Waals surface area contributed by atoms with E-state index in [1.54, 1.807) is 6.20 Å². The number of rotatable bonds is 7. The highest BCUT2D eigenvalue weighted by Gasteiger charge is 2.24. The minimum atomic E-state index is 0.117. The van der Waals surface area contributed by atoms with Crippen LogP contribution in [0.1, 0.15) is 48.5 Å². The molecule has 0 radical (unpaired) electrons. The molecule has 1 aliphatic rings. The molecular weight excluding hydrogens is 334 g/mol. The number of benzene rings is 1. The second-order valence-electron chi connectivity index (χ2n) is 7.63. The highest BCUT2D eigenvalue weighted by atomic mass is 16.2. The molecule has 0 saturated carbocycles. The molecule has 27 heavy (non-hydrogen) atoms. The van der Waals surface area contributed by atoms with Crippen LogP contribution in [0.4, 0.5) is 5.69 Å². The third-order valence-electron chi connectivity index (χ3n) is 5.53. The minimum Gasteiger partial charge on any atom is -0.373 e. The lowest BCUT2D eigenvalue weighted by Gasteiger charge is -2.32. The molecule has 0 unspecified atom stereocenters. The zero-order valence-electron chi connectivity index (χ0n) is 16.6. The molecule has 0 atom stereocenters. The van der Waals surface area contributed by atoms with E-state index in [2.05, 4.69) is 54.2 Å². The van der Waals surface area contributed by atoms with E-state index >= 15 is 0 Å². The number of carbonyl (C=O) groups is 1. The van der Waals surface area contributed by atoms with Crippen molar-refractivity contribution in [1.29, 1.82) is 0 Å². The Hall–Kier alpha value is -2.36. The molecule has 4 nitrogen and oxygen atoms in total. The molecule has 3 rings (SSSR count). The molecule has 1 aromatic carbocycles. The average Bonchev–Trinajstić information content (AvgIpc) is 2.73. The molecule has 1 fully saturated rings. The maximum Gasteiger partial charge on any atom is 0.255 e. The predicted octanol–water partition coefficient (Wildman–Crippen LogP) is 4.41. The quantitative estimate of drug-likeness (QED) is 0.729. The van der Waals surface area contributed by atoms with Crippen molar-refractivity contribution in [2.45, 2.75) is 39.0 Å². The topological polar surface area (TPSA) is 36.4 Å². The second kappa shape index (κ2) is 9.54. The Morgan fingerprint density at radius 2 is 1.93 bits per heavy atom. The number of hydrogen-bond donors (Lipinski definition) is 0. The van der Waals surface area contributed by atoms with Crippen LogP contribution in [0.5, 0.6) is 0 Å². The van der Waals surface area contributed by atoms with Crippen molar-refractivity contribution in [3.63, 3.8) is 0 Å². The molecule has 2 heterocycles. The fraction of sp³-hybridized carbons (Fsp3) is 0.478. The Kier molecular flexibility index (Phi) is 6.86. The SMILES string of the molecule is CCCCN(C)c1cncc(C(=O)N2CCC(Cc3ccccc3)CC2)c1. The molecule has 1 saturated heterocycles. The van der Waals surface area contributed by atoms with Crippen LogP contribution in [0.2, 0.25) is 0 Å². The first-order valence-corrected chi connectivity index (χ1v) is 10.2. The number of aromatic nitrogens is 1. The molecule has 0 N–H and O–H groups in total. The smallest absolute Gasteiger partial charge is 0.255 e. The van der Waals surface area contributed by atoms with Crippen molar-refractivity contribution in [1.82, 2.24) is 9.88 Å². The summed E-state index contributed by atoms with van der Waals surface area (Å²) < 4.78 is 0. The number of anilines is 1. The van der Waals surface area contributed by atoms with Gasteiger partial charge in [-0.1, -0.05) is 43.7 Å². The number of piperidine rings is 1. The summed E-state index contributed by atoms with van der Waals surface area (Å²) in [7, 11) is 2.07.